The highest BCUT2D eigenvalue weighted by atomic mass is 32.2. The summed E-state index contributed by atoms with van der Waals surface area (Å²) in [5.41, 5.74) is 1.86. The molecule has 4 rings (SSSR count). The molecular weight excluding hydrogens is 380 g/mol. The second-order valence-corrected chi connectivity index (χ2v) is 8.23. The first-order valence-corrected chi connectivity index (χ1v) is 10.9. The molecule has 1 aliphatic rings. The van der Waals surface area contributed by atoms with Crippen molar-refractivity contribution in [2.75, 3.05) is 25.9 Å². The molecule has 0 aliphatic carbocycles. The molecule has 29 heavy (non-hydrogen) atoms. The summed E-state index contributed by atoms with van der Waals surface area (Å²) in [4.78, 5) is 12.7. The SMILES string of the molecule is CN=C(NCc1coc(-c2ccccc2)n1)N1CCC(CSc2ccccc2)C1. The van der Waals surface area contributed by atoms with E-state index in [1.54, 1.807) is 6.26 Å². The lowest BCUT2D eigenvalue weighted by Gasteiger charge is -2.21. The van der Waals surface area contributed by atoms with Crippen LogP contribution in [0.3, 0.4) is 0 Å². The van der Waals surface area contributed by atoms with Gasteiger partial charge in [-0.2, -0.15) is 0 Å². The van der Waals surface area contributed by atoms with E-state index in [1.807, 2.05) is 49.1 Å². The maximum absolute atomic E-state index is 5.63. The van der Waals surface area contributed by atoms with E-state index in [0.29, 0.717) is 18.4 Å². The number of benzene rings is 2. The van der Waals surface area contributed by atoms with Gasteiger partial charge < -0.3 is 14.6 Å². The number of oxazole rings is 1. The van der Waals surface area contributed by atoms with Gasteiger partial charge in [-0.25, -0.2) is 4.98 Å². The molecule has 6 heteroatoms. The fraction of sp³-hybridized carbons (Fsp3) is 0.304. The third-order valence-electron chi connectivity index (χ3n) is 5.03. The molecular formula is C23H26N4OS. The first-order valence-electron chi connectivity index (χ1n) is 9.95. The van der Waals surface area contributed by atoms with Gasteiger partial charge in [-0.3, -0.25) is 4.99 Å². The lowest BCUT2D eigenvalue weighted by molar-refractivity contribution is 0.473. The molecule has 0 bridgehead atoms. The van der Waals surface area contributed by atoms with E-state index in [4.69, 9.17) is 4.42 Å². The van der Waals surface area contributed by atoms with Crippen LogP contribution in [-0.4, -0.2) is 41.7 Å². The van der Waals surface area contributed by atoms with E-state index >= 15 is 0 Å². The predicted octanol–water partition coefficient (Wildman–Crippen LogP) is 4.53. The Bertz CT molecular complexity index is 926. The summed E-state index contributed by atoms with van der Waals surface area (Å²) in [6.07, 6.45) is 2.91. The molecule has 1 fully saturated rings. The Kier molecular flexibility index (Phi) is 6.52. The zero-order valence-electron chi connectivity index (χ0n) is 16.6. The van der Waals surface area contributed by atoms with E-state index in [-0.39, 0.29) is 0 Å². The number of guanidine groups is 1. The summed E-state index contributed by atoms with van der Waals surface area (Å²) in [7, 11) is 1.84. The normalized spacial score (nSPS) is 16.9. The molecule has 0 amide bonds. The highest BCUT2D eigenvalue weighted by Crippen LogP contribution is 2.26. The second-order valence-electron chi connectivity index (χ2n) is 7.14. The van der Waals surface area contributed by atoms with Crippen LogP contribution in [0, 0.1) is 5.92 Å². The quantitative estimate of drug-likeness (QED) is 0.370. The van der Waals surface area contributed by atoms with Gasteiger partial charge in [0, 0.05) is 36.3 Å². The third-order valence-corrected chi connectivity index (χ3v) is 6.27. The van der Waals surface area contributed by atoms with Crippen molar-refractivity contribution in [1.82, 2.24) is 15.2 Å². The van der Waals surface area contributed by atoms with Crippen LogP contribution in [0.5, 0.6) is 0 Å². The zero-order valence-corrected chi connectivity index (χ0v) is 17.4. The predicted molar refractivity (Wildman–Crippen MR) is 119 cm³/mol. The van der Waals surface area contributed by atoms with Crippen molar-refractivity contribution in [1.29, 1.82) is 0 Å². The molecule has 1 saturated heterocycles. The number of aromatic nitrogens is 1. The Morgan fingerprint density at radius 3 is 2.69 bits per heavy atom. The van der Waals surface area contributed by atoms with Crippen molar-refractivity contribution < 1.29 is 4.42 Å². The summed E-state index contributed by atoms with van der Waals surface area (Å²) in [5, 5.41) is 3.43. The summed E-state index contributed by atoms with van der Waals surface area (Å²) in [6.45, 7) is 2.67. The van der Waals surface area contributed by atoms with Crippen LogP contribution in [0.15, 0.2) is 81.2 Å². The number of hydrogen-bond donors (Lipinski definition) is 1. The van der Waals surface area contributed by atoms with Gasteiger partial charge in [0.1, 0.15) is 6.26 Å². The van der Waals surface area contributed by atoms with Gasteiger partial charge in [0.25, 0.3) is 0 Å². The van der Waals surface area contributed by atoms with E-state index < -0.39 is 0 Å². The van der Waals surface area contributed by atoms with Gasteiger partial charge in [-0.15, -0.1) is 11.8 Å². The molecule has 2 aromatic carbocycles. The molecule has 1 N–H and O–H groups in total. The molecule has 5 nitrogen and oxygen atoms in total. The number of thioether (sulfide) groups is 1. The van der Waals surface area contributed by atoms with Crippen molar-refractivity contribution >= 4 is 17.7 Å². The Morgan fingerprint density at radius 2 is 1.93 bits per heavy atom. The topological polar surface area (TPSA) is 53.7 Å². The number of aliphatic imine (C=N–C) groups is 1. The van der Waals surface area contributed by atoms with Gasteiger partial charge in [-0.1, -0.05) is 36.4 Å². The van der Waals surface area contributed by atoms with Gasteiger partial charge >= 0.3 is 0 Å². The lowest BCUT2D eigenvalue weighted by Crippen LogP contribution is -2.39. The summed E-state index contributed by atoms with van der Waals surface area (Å²) < 4.78 is 5.63. The van der Waals surface area contributed by atoms with Crippen LogP contribution in [0.1, 0.15) is 12.1 Å². The fourth-order valence-corrected chi connectivity index (χ4v) is 4.55. The summed E-state index contributed by atoms with van der Waals surface area (Å²) in [5.74, 6) is 3.40. The van der Waals surface area contributed by atoms with Gasteiger partial charge in [0.15, 0.2) is 5.96 Å². The van der Waals surface area contributed by atoms with Crippen molar-refractivity contribution in [3.63, 3.8) is 0 Å². The van der Waals surface area contributed by atoms with Crippen LogP contribution in [0.2, 0.25) is 0 Å². The standard InChI is InChI=1S/C23H26N4OS/c1-24-23(25-14-20-16-28-22(26-20)19-8-4-2-5-9-19)27-13-12-18(15-27)17-29-21-10-6-3-7-11-21/h2-11,16,18H,12-15,17H2,1H3,(H,24,25). The maximum atomic E-state index is 5.63. The first kappa shape index (κ1) is 19.6. The minimum atomic E-state index is 0.600. The maximum Gasteiger partial charge on any atom is 0.226 e. The molecule has 1 aliphatic heterocycles. The molecule has 0 saturated carbocycles. The summed E-state index contributed by atoms with van der Waals surface area (Å²) in [6, 6.07) is 20.6. The Morgan fingerprint density at radius 1 is 1.17 bits per heavy atom. The molecule has 0 spiro atoms. The number of rotatable bonds is 6. The van der Waals surface area contributed by atoms with Gasteiger partial charge in [-0.05, 0) is 36.6 Å². The summed E-state index contributed by atoms with van der Waals surface area (Å²) >= 11 is 1.94. The third kappa shape index (κ3) is 5.21. The average Bonchev–Trinajstić information content (AvgIpc) is 3.44. The van der Waals surface area contributed by atoms with Gasteiger partial charge in [0.05, 0.1) is 12.2 Å². The molecule has 2 heterocycles. The van der Waals surface area contributed by atoms with Crippen molar-refractivity contribution in [2.45, 2.75) is 17.9 Å². The van der Waals surface area contributed by atoms with E-state index in [9.17, 15) is 0 Å². The fourth-order valence-electron chi connectivity index (χ4n) is 3.50. The van der Waals surface area contributed by atoms with Crippen LogP contribution < -0.4 is 5.32 Å². The highest BCUT2D eigenvalue weighted by molar-refractivity contribution is 7.99. The molecule has 3 aromatic rings. The molecule has 1 unspecified atom stereocenters. The lowest BCUT2D eigenvalue weighted by atomic mass is 10.2. The molecule has 1 aromatic heterocycles. The van der Waals surface area contributed by atoms with Crippen molar-refractivity contribution in [3.05, 3.63) is 72.6 Å². The van der Waals surface area contributed by atoms with E-state index in [1.165, 1.54) is 11.3 Å². The van der Waals surface area contributed by atoms with Crippen molar-refractivity contribution in [3.8, 4) is 11.5 Å². The second kappa shape index (κ2) is 9.65. The average molecular weight is 407 g/mol. The van der Waals surface area contributed by atoms with Crippen LogP contribution in [0.4, 0.5) is 0 Å². The number of nitrogens with zero attached hydrogens (tertiary/aromatic N) is 3. The van der Waals surface area contributed by atoms with Crippen molar-refractivity contribution in [2.24, 2.45) is 10.9 Å². The molecule has 0 radical (unpaired) electrons. The molecule has 1 atom stereocenters. The molecule has 150 valence electrons. The van der Waals surface area contributed by atoms with Crippen LogP contribution >= 0.6 is 11.8 Å². The van der Waals surface area contributed by atoms with E-state index in [0.717, 1.165) is 36.1 Å². The highest BCUT2D eigenvalue weighted by Gasteiger charge is 2.25. The van der Waals surface area contributed by atoms with Gasteiger partial charge in [0.2, 0.25) is 5.89 Å². The Balaban J connectivity index is 1.27. The monoisotopic (exact) mass is 406 g/mol. The number of nitrogens with one attached hydrogen (secondary N) is 1. The smallest absolute Gasteiger partial charge is 0.226 e. The van der Waals surface area contributed by atoms with Crippen LogP contribution in [0.25, 0.3) is 11.5 Å². The Hall–Kier alpha value is -2.73. The van der Waals surface area contributed by atoms with E-state index in [2.05, 4.69) is 50.5 Å². The minimum Gasteiger partial charge on any atom is -0.444 e. The minimum absolute atomic E-state index is 0.600. The Labute approximate surface area is 176 Å². The first-order chi connectivity index (χ1) is 14.3. The van der Waals surface area contributed by atoms with Crippen LogP contribution in [-0.2, 0) is 6.54 Å². The number of likely N-dealkylation sites (tertiary alicyclic amines) is 1. The zero-order chi connectivity index (χ0) is 19.9. The number of hydrogen-bond acceptors (Lipinski definition) is 4. The largest absolute Gasteiger partial charge is 0.444 e.